The average Bonchev–Trinajstić information content (AvgIpc) is 2.18. The molecule has 0 heterocycles. The average molecular weight is 210 g/mol. The fourth-order valence-corrected chi connectivity index (χ4v) is 0.871. The molecular weight excluding hydrogens is 192 g/mol. The fourth-order valence-electron chi connectivity index (χ4n) is 0.871. The topological polar surface area (TPSA) is 99.4 Å². The molecule has 0 aliphatic carbocycles. The van der Waals surface area contributed by atoms with Crippen LogP contribution < -0.4 is 0 Å². The minimum absolute atomic E-state index is 0.393. The number of methoxy groups -OCH3 is 1. The Balaban J connectivity index is 4.13. The Morgan fingerprint density at radius 3 is 2.00 bits per heavy atom. The maximum absolute atomic E-state index is 9.18. The van der Waals surface area contributed by atoms with Crippen LogP contribution in [0.1, 0.15) is 6.92 Å². The van der Waals surface area contributed by atoms with Gasteiger partial charge >= 0.3 is 0 Å². The number of aliphatic hydroxyl groups excluding tert-OH is 4. The van der Waals surface area contributed by atoms with E-state index in [0.717, 1.165) is 0 Å². The Labute approximate surface area is 82.7 Å². The summed E-state index contributed by atoms with van der Waals surface area (Å²) < 4.78 is 9.76. The highest BCUT2D eigenvalue weighted by Gasteiger charge is 2.25. The number of aliphatic hydroxyl groups is 4. The van der Waals surface area contributed by atoms with Crippen LogP contribution in [-0.2, 0) is 9.47 Å². The molecule has 6 heteroatoms. The van der Waals surface area contributed by atoms with Crippen LogP contribution in [-0.4, -0.2) is 65.4 Å². The van der Waals surface area contributed by atoms with Gasteiger partial charge in [-0.15, -0.1) is 0 Å². The van der Waals surface area contributed by atoms with Gasteiger partial charge in [-0.1, -0.05) is 0 Å². The molecule has 4 N–H and O–H groups in total. The summed E-state index contributed by atoms with van der Waals surface area (Å²) >= 11 is 0. The molecule has 4 atom stereocenters. The predicted molar refractivity (Wildman–Crippen MR) is 47.5 cm³/mol. The first-order valence-electron chi connectivity index (χ1n) is 4.32. The van der Waals surface area contributed by atoms with E-state index in [1.54, 1.807) is 0 Å². The molecule has 0 aliphatic heterocycles. The first-order valence-corrected chi connectivity index (χ1v) is 4.32. The third kappa shape index (κ3) is 4.32. The Morgan fingerprint density at radius 1 is 1.14 bits per heavy atom. The van der Waals surface area contributed by atoms with E-state index in [-0.39, 0.29) is 0 Å². The molecule has 0 bridgehead atoms. The van der Waals surface area contributed by atoms with Gasteiger partial charge in [0.15, 0.2) is 6.29 Å². The largest absolute Gasteiger partial charge is 0.394 e. The molecule has 6 nitrogen and oxygen atoms in total. The first-order chi connectivity index (χ1) is 6.56. The third-order valence-electron chi connectivity index (χ3n) is 1.76. The highest BCUT2D eigenvalue weighted by Crippen LogP contribution is 2.07. The van der Waals surface area contributed by atoms with E-state index in [9.17, 15) is 5.11 Å². The fraction of sp³-hybridized carbons (Fsp3) is 1.00. The van der Waals surface area contributed by atoms with Crippen molar-refractivity contribution >= 4 is 0 Å². The van der Waals surface area contributed by atoms with Crippen LogP contribution in [0.2, 0.25) is 0 Å². The lowest BCUT2D eigenvalue weighted by Gasteiger charge is -2.26. The molecule has 14 heavy (non-hydrogen) atoms. The molecule has 0 aliphatic rings. The van der Waals surface area contributed by atoms with Crippen LogP contribution in [0.4, 0.5) is 0 Å². The zero-order chi connectivity index (χ0) is 11.1. The molecule has 0 radical (unpaired) electrons. The van der Waals surface area contributed by atoms with Gasteiger partial charge in [-0.2, -0.15) is 0 Å². The molecular formula is C8H18O6. The molecule has 1 unspecified atom stereocenters. The highest BCUT2D eigenvalue weighted by molar-refractivity contribution is 4.67. The predicted octanol–water partition coefficient (Wildman–Crippen LogP) is -1.93. The number of hydrogen-bond acceptors (Lipinski definition) is 6. The lowest BCUT2D eigenvalue weighted by molar-refractivity contribution is -0.230. The van der Waals surface area contributed by atoms with Crippen molar-refractivity contribution in [2.24, 2.45) is 0 Å². The van der Waals surface area contributed by atoms with Crippen LogP contribution in [0.15, 0.2) is 0 Å². The molecule has 0 aromatic carbocycles. The smallest absolute Gasteiger partial charge is 0.185 e. The second kappa shape index (κ2) is 7.10. The van der Waals surface area contributed by atoms with Gasteiger partial charge in [-0.3, -0.25) is 0 Å². The van der Waals surface area contributed by atoms with E-state index in [0.29, 0.717) is 0 Å². The molecule has 0 aromatic heterocycles. The lowest BCUT2D eigenvalue weighted by atomic mass is 10.2. The van der Waals surface area contributed by atoms with Crippen molar-refractivity contribution < 1.29 is 29.9 Å². The van der Waals surface area contributed by atoms with Crippen molar-refractivity contribution in [3.05, 3.63) is 0 Å². The van der Waals surface area contributed by atoms with Gasteiger partial charge < -0.3 is 29.9 Å². The third-order valence-corrected chi connectivity index (χ3v) is 1.76. The number of ether oxygens (including phenoxy) is 2. The molecule has 0 aromatic rings. The Morgan fingerprint density at radius 2 is 1.71 bits per heavy atom. The molecule has 0 spiro atoms. The number of hydrogen-bond donors (Lipinski definition) is 4. The van der Waals surface area contributed by atoms with E-state index in [1.165, 1.54) is 14.0 Å². The maximum Gasteiger partial charge on any atom is 0.185 e. The van der Waals surface area contributed by atoms with Crippen LogP contribution in [0.3, 0.4) is 0 Å². The summed E-state index contributed by atoms with van der Waals surface area (Å²) in [5.41, 5.74) is 0. The zero-order valence-corrected chi connectivity index (χ0v) is 8.33. The summed E-state index contributed by atoms with van der Waals surface area (Å²) in [6.45, 7) is 0.533. The van der Waals surface area contributed by atoms with E-state index in [4.69, 9.17) is 24.8 Å². The Hall–Kier alpha value is -0.240. The van der Waals surface area contributed by atoms with Gasteiger partial charge in [-0.05, 0) is 6.92 Å². The summed E-state index contributed by atoms with van der Waals surface area (Å²) in [5, 5.41) is 35.7. The quantitative estimate of drug-likeness (QED) is 0.365. The second-order valence-corrected chi connectivity index (χ2v) is 2.95. The van der Waals surface area contributed by atoms with Gasteiger partial charge in [0.2, 0.25) is 0 Å². The minimum Gasteiger partial charge on any atom is -0.394 e. The molecule has 0 rings (SSSR count). The summed E-state index contributed by atoms with van der Waals surface area (Å²) in [6, 6.07) is 0. The van der Waals surface area contributed by atoms with Crippen molar-refractivity contribution in [3.63, 3.8) is 0 Å². The SMILES string of the molecule is CO[C@H](OC(CO)[C@H](C)O)[C@@H](O)CO. The summed E-state index contributed by atoms with van der Waals surface area (Å²) in [4.78, 5) is 0. The van der Waals surface area contributed by atoms with Crippen molar-refractivity contribution in [3.8, 4) is 0 Å². The summed E-state index contributed by atoms with van der Waals surface area (Å²) in [7, 11) is 1.29. The number of rotatable bonds is 7. The molecule has 0 saturated heterocycles. The normalized spacial score (nSPS) is 20.1. The van der Waals surface area contributed by atoms with Gasteiger partial charge in [-0.25, -0.2) is 0 Å². The van der Waals surface area contributed by atoms with Gasteiger partial charge in [0.25, 0.3) is 0 Å². The molecule has 0 fully saturated rings. The van der Waals surface area contributed by atoms with Crippen molar-refractivity contribution in [2.45, 2.75) is 31.5 Å². The summed E-state index contributed by atoms with van der Waals surface area (Å²) in [5.74, 6) is 0. The van der Waals surface area contributed by atoms with E-state index < -0.39 is 37.8 Å². The van der Waals surface area contributed by atoms with Gasteiger partial charge in [0, 0.05) is 7.11 Å². The standard InChI is InChI=1S/C8H18O6/c1-5(11)7(4-10)14-8(13-2)6(12)3-9/h5-12H,3-4H2,1-2H3/t5-,6-,7?,8+/m0/s1. The minimum atomic E-state index is -1.20. The highest BCUT2D eigenvalue weighted by atomic mass is 16.7. The molecule has 86 valence electrons. The summed E-state index contributed by atoms with van der Waals surface area (Å²) in [6.07, 6.45) is -4.00. The van der Waals surface area contributed by atoms with Crippen molar-refractivity contribution in [1.29, 1.82) is 0 Å². The molecule has 0 saturated carbocycles. The van der Waals surface area contributed by atoms with Crippen molar-refractivity contribution in [1.82, 2.24) is 0 Å². The van der Waals surface area contributed by atoms with Crippen LogP contribution in [0.5, 0.6) is 0 Å². The van der Waals surface area contributed by atoms with Crippen molar-refractivity contribution in [2.75, 3.05) is 20.3 Å². The van der Waals surface area contributed by atoms with Gasteiger partial charge in [0.05, 0.1) is 19.3 Å². The van der Waals surface area contributed by atoms with E-state index in [1.807, 2.05) is 0 Å². The van der Waals surface area contributed by atoms with Gasteiger partial charge in [0.1, 0.15) is 12.2 Å². The second-order valence-electron chi connectivity index (χ2n) is 2.95. The van der Waals surface area contributed by atoms with E-state index >= 15 is 0 Å². The maximum atomic E-state index is 9.18. The monoisotopic (exact) mass is 210 g/mol. The first kappa shape index (κ1) is 13.8. The zero-order valence-electron chi connectivity index (χ0n) is 8.33. The van der Waals surface area contributed by atoms with E-state index in [2.05, 4.69) is 0 Å². The molecule has 0 amide bonds. The Bertz CT molecular complexity index is 140. The Kier molecular flexibility index (Phi) is 6.98. The van der Waals surface area contributed by atoms with Crippen LogP contribution in [0, 0.1) is 0 Å². The lowest BCUT2D eigenvalue weighted by Crippen LogP contribution is -2.41. The van der Waals surface area contributed by atoms with Crippen LogP contribution >= 0.6 is 0 Å². The van der Waals surface area contributed by atoms with Crippen LogP contribution in [0.25, 0.3) is 0 Å².